The second-order valence-electron chi connectivity index (χ2n) is 10.5. The monoisotopic (exact) mass is 539 g/mol. The largest absolute Gasteiger partial charge is 0.381 e. The molecule has 2 aliphatic heterocycles. The van der Waals surface area contributed by atoms with Crippen LogP contribution in [0.2, 0.25) is 0 Å². The number of hydrogen-bond acceptors (Lipinski definition) is 6. The van der Waals surface area contributed by atoms with Gasteiger partial charge in [0.25, 0.3) is 5.91 Å². The minimum absolute atomic E-state index is 0.265. The molecule has 2 aromatic rings. The highest BCUT2D eigenvalue weighted by Crippen LogP contribution is 2.40. The number of amides is 3. The molecule has 2 aromatic carbocycles. The number of carbonyl (C=O) groups excluding carboxylic acids is 3. The Morgan fingerprint density at radius 1 is 1.11 bits per heavy atom. The standard InChI is InChI=1S/C29H37N3O5S/c1-19-10-7-8-13-21(19)17-30-27(35)25-29(2,3)38-18-32(25)28(36)24(33)22(16-20-11-5-4-6-12-20)31-26(34)23-14-9-15-37-23/h4-8,10-13,22-25,33H,9,14-18H2,1-3H3,(H,30,35)(H,31,34). The van der Waals surface area contributed by atoms with E-state index in [1.807, 2.05) is 75.4 Å². The van der Waals surface area contributed by atoms with Crippen molar-refractivity contribution in [1.82, 2.24) is 15.5 Å². The molecule has 0 aliphatic carbocycles. The number of benzene rings is 2. The van der Waals surface area contributed by atoms with E-state index in [2.05, 4.69) is 10.6 Å². The Morgan fingerprint density at radius 3 is 2.50 bits per heavy atom. The lowest BCUT2D eigenvalue weighted by Gasteiger charge is -2.33. The second-order valence-corrected chi connectivity index (χ2v) is 12.1. The van der Waals surface area contributed by atoms with E-state index >= 15 is 0 Å². The van der Waals surface area contributed by atoms with Crippen LogP contribution in [0.3, 0.4) is 0 Å². The maximum Gasteiger partial charge on any atom is 0.254 e. The fourth-order valence-corrected chi connectivity index (χ4v) is 6.15. The molecule has 3 amide bonds. The smallest absolute Gasteiger partial charge is 0.254 e. The molecule has 0 saturated carbocycles. The molecular formula is C29H37N3O5S. The van der Waals surface area contributed by atoms with Crippen molar-refractivity contribution < 1.29 is 24.2 Å². The molecule has 0 radical (unpaired) electrons. The summed E-state index contributed by atoms with van der Waals surface area (Å²) in [6.45, 7) is 6.70. The summed E-state index contributed by atoms with van der Waals surface area (Å²) >= 11 is 1.49. The van der Waals surface area contributed by atoms with Gasteiger partial charge in [-0.3, -0.25) is 14.4 Å². The van der Waals surface area contributed by atoms with Gasteiger partial charge in [-0.2, -0.15) is 0 Å². The molecule has 0 aromatic heterocycles. The van der Waals surface area contributed by atoms with Crippen molar-refractivity contribution in [3.05, 3.63) is 71.3 Å². The molecule has 3 N–H and O–H groups in total. The SMILES string of the molecule is Cc1ccccc1CNC(=O)C1N(C(=O)C(O)C(Cc2ccccc2)NC(=O)C2CCCO2)CSC1(C)C. The van der Waals surface area contributed by atoms with Crippen LogP contribution in [0, 0.1) is 6.92 Å². The molecule has 38 heavy (non-hydrogen) atoms. The van der Waals surface area contributed by atoms with Crippen molar-refractivity contribution in [3.63, 3.8) is 0 Å². The Kier molecular flexibility index (Phi) is 9.12. The van der Waals surface area contributed by atoms with Gasteiger partial charge in [-0.1, -0.05) is 54.6 Å². The number of nitrogens with zero attached hydrogens (tertiary/aromatic N) is 1. The lowest BCUT2D eigenvalue weighted by molar-refractivity contribution is -0.148. The van der Waals surface area contributed by atoms with Crippen LogP contribution in [-0.4, -0.2) is 69.3 Å². The summed E-state index contributed by atoms with van der Waals surface area (Å²) < 4.78 is 4.95. The first kappa shape index (κ1) is 28.1. The molecule has 0 bridgehead atoms. The van der Waals surface area contributed by atoms with E-state index in [9.17, 15) is 19.5 Å². The molecule has 2 heterocycles. The summed E-state index contributed by atoms with van der Waals surface area (Å²) in [5.74, 6) is -0.915. The predicted octanol–water partition coefficient (Wildman–Crippen LogP) is 2.56. The first-order chi connectivity index (χ1) is 18.2. The van der Waals surface area contributed by atoms with Crippen molar-refractivity contribution in [2.45, 2.75) is 75.6 Å². The Morgan fingerprint density at radius 2 is 1.82 bits per heavy atom. The van der Waals surface area contributed by atoms with E-state index in [-0.39, 0.29) is 24.1 Å². The van der Waals surface area contributed by atoms with Crippen LogP contribution in [0.5, 0.6) is 0 Å². The van der Waals surface area contributed by atoms with Gasteiger partial charge in [-0.15, -0.1) is 11.8 Å². The van der Waals surface area contributed by atoms with E-state index in [0.29, 0.717) is 19.6 Å². The molecule has 204 valence electrons. The summed E-state index contributed by atoms with van der Waals surface area (Å²) in [7, 11) is 0. The van der Waals surface area contributed by atoms with Gasteiger partial charge >= 0.3 is 0 Å². The number of nitrogens with one attached hydrogen (secondary N) is 2. The van der Waals surface area contributed by atoms with E-state index in [1.54, 1.807) is 0 Å². The molecule has 2 aliphatic rings. The van der Waals surface area contributed by atoms with Crippen molar-refractivity contribution in [2.75, 3.05) is 12.5 Å². The number of carbonyl (C=O) groups is 3. The summed E-state index contributed by atoms with van der Waals surface area (Å²) in [4.78, 5) is 41.4. The molecule has 4 atom stereocenters. The fraction of sp³-hybridized carbons (Fsp3) is 0.483. The highest BCUT2D eigenvalue weighted by molar-refractivity contribution is 8.00. The third-order valence-electron chi connectivity index (χ3n) is 7.27. The zero-order chi connectivity index (χ0) is 27.3. The summed E-state index contributed by atoms with van der Waals surface area (Å²) in [6.07, 6.45) is -0.449. The average Bonchev–Trinajstić information content (AvgIpc) is 3.55. The van der Waals surface area contributed by atoms with Crippen LogP contribution >= 0.6 is 11.8 Å². The Labute approximate surface area is 228 Å². The van der Waals surface area contributed by atoms with E-state index in [4.69, 9.17) is 4.74 Å². The number of aliphatic hydroxyl groups excluding tert-OH is 1. The number of aliphatic hydroxyl groups is 1. The minimum Gasteiger partial charge on any atom is -0.381 e. The lowest BCUT2D eigenvalue weighted by atomic mass is 9.97. The quantitative estimate of drug-likeness (QED) is 0.452. The van der Waals surface area contributed by atoms with Crippen LogP contribution in [-0.2, 0) is 32.1 Å². The van der Waals surface area contributed by atoms with Gasteiger partial charge in [-0.05, 0) is 56.7 Å². The van der Waals surface area contributed by atoms with Crippen LogP contribution in [0.4, 0.5) is 0 Å². The van der Waals surface area contributed by atoms with Crippen LogP contribution in [0.15, 0.2) is 54.6 Å². The molecule has 4 unspecified atom stereocenters. The molecule has 2 saturated heterocycles. The van der Waals surface area contributed by atoms with E-state index in [1.165, 1.54) is 16.7 Å². The van der Waals surface area contributed by atoms with Crippen LogP contribution in [0.25, 0.3) is 0 Å². The van der Waals surface area contributed by atoms with Crippen molar-refractivity contribution in [2.24, 2.45) is 0 Å². The topological polar surface area (TPSA) is 108 Å². The second kappa shape index (κ2) is 12.3. The maximum atomic E-state index is 13.7. The maximum absolute atomic E-state index is 13.7. The average molecular weight is 540 g/mol. The molecule has 0 spiro atoms. The van der Waals surface area contributed by atoms with E-state index < -0.39 is 34.9 Å². The van der Waals surface area contributed by atoms with E-state index in [0.717, 1.165) is 23.1 Å². The summed E-state index contributed by atoms with van der Waals surface area (Å²) in [5, 5.41) is 17.2. The Balaban J connectivity index is 1.50. The third-order valence-corrected chi connectivity index (χ3v) is 8.65. The molecule has 8 nitrogen and oxygen atoms in total. The molecule has 2 fully saturated rings. The van der Waals surface area contributed by atoms with Crippen molar-refractivity contribution in [3.8, 4) is 0 Å². The van der Waals surface area contributed by atoms with Gasteiger partial charge in [-0.25, -0.2) is 0 Å². The van der Waals surface area contributed by atoms with Gasteiger partial charge in [0.2, 0.25) is 11.8 Å². The highest BCUT2D eigenvalue weighted by Gasteiger charge is 2.49. The van der Waals surface area contributed by atoms with Crippen molar-refractivity contribution >= 4 is 29.5 Å². The first-order valence-corrected chi connectivity index (χ1v) is 14.1. The van der Waals surface area contributed by atoms with Gasteiger partial charge in [0.1, 0.15) is 12.1 Å². The highest BCUT2D eigenvalue weighted by atomic mass is 32.2. The van der Waals surface area contributed by atoms with Crippen LogP contribution in [0.1, 0.15) is 43.4 Å². The van der Waals surface area contributed by atoms with Gasteiger partial charge in [0.15, 0.2) is 6.10 Å². The lowest BCUT2D eigenvalue weighted by Crippen LogP contribution is -2.59. The van der Waals surface area contributed by atoms with Gasteiger partial charge in [0.05, 0.1) is 11.9 Å². The van der Waals surface area contributed by atoms with Crippen LogP contribution < -0.4 is 10.6 Å². The summed E-state index contributed by atoms with van der Waals surface area (Å²) in [6, 6.07) is 15.6. The Hall–Kier alpha value is -2.88. The number of ether oxygens (including phenoxy) is 1. The third kappa shape index (κ3) is 6.57. The number of hydrogen-bond donors (Lipinski definition) is 3. The number of thioether (sulfide) groups is 1. The zero-order valence-corrected chi connectivity index (χ0v) is 23.0. The summed E-state index contributed by atoms with van der Waals surface area (Å²) in [5.41, 5.74) is 2.95. The predicted molar refractivity (Wildman–Crippen MR) is 147 cm³/mol. The Bertz CT molecular complexity index is 1140. The number of rotatable bonds is 9. The fourth-order valence-electron chi connectivity index (χ4n) is 5.01. The van der Waals surface area contributed by atoms with Gasteiger partial charge < -0.3 is 25.4 Å². The first-order valence-electron chi connectivity index (χ1n) is 13.1. The van der Waals surface area contributed by atoms with Crippen molar-refractivity contribution in [1.29, 1.82) is 0 Å². The molecule has 9 heteroatoms. The molecule has 4 rings (SSSR count). The minimum atomic E-state index is -1.53. The van der Waals surface area contributed by atoms with Gasteiger partial charge in [0, 0.05) is 17.9 Å². The number of aryl methyl sites for hydroxylation is 1. The zero-order valence-electron chi connectivity index (χ0n) is 22.2. The molecular weight excluding hydrogens is 502 g/mol. The normalized spacial score (nSPS) is 22.1.